The van der Waals surface area contributed by atoms with E-state index in [4.69, 9.17) is 5.21 Å². The molecular formula is C26H21N2O4-. The monoisotopic (exact) mass is 425 g/mol. The number of hydrogen-bond acceptors (Lipinski definition) is 5. The first kappa shape index (κ1) is 19.2. The molecule has 1 heterocycles. The highest BCUT2D eigenvalue weighted by Crippen LogP contribution is 2.61. The number of aryl methyl sites for hydroxylation is 1. The summed E-state index contributed by atoms with van der Waals surface area (Å²) in [7, 11) is 0. The van der Waals surface area contributed by atoms with E-state index in [1.54, 1.807) is 0 Å². The Morgan fingerprint density at radius 1 is 0.844 bits per heavy atom. The van der Waals surface area contributed by atoms with Gasteiger partial charge in [0.2, 0.25) is 11.8 Å². The van der Waals surface area contributed by atoms with Crippen LogP contribution in [0.3, 0.4) is 0 Å². The van der Waals surface area contributed by atoms with Crippen LogP contribution < -0.4 is 10.1 Å². The van der Waals surface area contributed by atoms with Crippen LogP contribution in [0.4, 0.5) is 11.4 Å². The van der Waals surface area contributed by atoms with Gasteiger partial charge in [0.25, 0.3) is 0 Å². The molecule has 2 bridgehead atoms. The molecule has 0 saturated carbocycles. The summed E-state index contributed by atoms with van der Waals surface area (Å²) in [5.74, 6) is -1.61. The molecule has 4 atom stereocenters. The summed E-state index contributed by atoms with van der Waals surface area (Å²) >= 11 is 0. The second-order valence-electron chi connectivity index (χ2n) is 8.75. The lowest BCUT2D eigenvalue weighted by atomic mass is 9.55. The van der Waals surface area contributed by atoms with Gasteiger partial charge in [0.1, 0.15) is 0 Å². The maximum absolute atomic E-state index is 13.7. The van der Waals surface area contributed by atoms with E-state index in [0.29, 0.717) is 5.69 Å². The summed E-state index contributed by atoms with van der Waals surface area (Å²) in [6.07, 6.45) is 0.910. The van der Waals surface area contributed by atoms with Gasteiger partial charge >= 0.3 is 0 Å². The fourth-order valence-corrected chi connectivity index (χ4v) is 5.98. The second-order valence-corrected chi connectivity index (χ2v) is 8.75. The Labute approximate surface area is 185 Å². The van der Waals surface area contributed by atoms with E-state index in [-0.39, 0.29) is 34.6 Å². The average Bonchev–Trinajstić information content (AvgIpc) is 3.09. The number of amides is 2. The van der Waals surface area contributed by atoms with Crippen molar-refractivity contribution in [2.75, 3.05) is 10.1 Å². The van der Waals surface area contributed by atoms with Gasteiger partial charge in [-0.25, -0.2) is 4.90 Å². The standard InChI is InChI=1S/C26H21N2O4/c1-2-14-7-12-19-20(13-14)22-18-6-4-3-5-17(18)21(19)23-24(22)26(30)27(25(23)29)15-8-10-16(11-9-15)28(31)32/h3-13,21-24,31H,2H2,1H3/q-1. The van der Waals surface area contributed by atoms with E-state index >= 15 is 0 Å². The summed E-state index contributed by atoms with van der Waals surface area (Å²) < 4.78 is 0. The Hall–Kier alpha value is -3.48. The highest BCUT2D eigenvalue weighted by Gasteiger charge is 2.61. The third kappa shape index (κ3) is 2.42. The van der Waals surface area contributed by atoms with Crippen molar-refractivity contribution >= 4 is 23.2 Å². The molecule has 1 N–H and O–H groups in total. The smallest absolute Gasteiger partial charge is 0.238 e. The zero-order valence-corrected chi connectivity index (χ0v) is 17.4. The lowest BCUT2D eigenvalue weighted by molar-refractivity contribution is -0.122. The quantitative estimate of drug-likeness (QED) is 0.499. The normalized spacial score (nSPS) is 24.9. The molecule has 4 aliphatic rings. The van der Waals surface area contributed by atoms with Gasteiger partial charge in [0.05, 0.1) is 23.2 Å². The number of rotatable bonds is 3. The number of benzene rings is 3. The zero-order valence-electron chi connectivity index (χ0n) is 17.4. The predicted octanol–water partition coefficient (Wildman–Crippen LogP) is 4.34. The summed E-state index contributed by atoms with van der Waals surface area (Å²) in [5, 5.41) is 20.0. The Morgan fingerprint density at radius 3 is 1.97 bits per heavy atom. The average molecular weight is 425 g/mol. The molecule has 0 spiro atoms. The Bertz CT molecular complexity index is 1270. The van der Waals surface area contributed by atoms with Crippen molar-refractivity contribution < 1.29 is 14.8 Å². The highest BCUT2D eigenvalue weighted by atomic mass is 16.8. The van der Waals surface area contributed by atoms with Crippen molar-refractivity contribution in [1.82, 2.24) is 0 Å². The fraction of sp³-hybridized carbons (Fsp3) is 0.231. The maximum atomic E-state index is 13.7. The lowest BCUT2D eigenvalue weighted by Crippen LogP contribution is -2.41. The summed E-state index contributed by atoms with van der Waals surface area (Å²) in [5.41, 5.74) is 6.26. The minimum atomic E-state index is -0.449. The van der Waals surface area contributed by atoms with Crippen molar-refractivity contribution in [3.63, 3.8) is 0 Å². The Kier molecular flexibility index (Phi) is 4.06. The Balaban J connectivity index is 1.51. The molecule has 1 fully saturated rings. The second kappa shape index (κ2) is 6.76. The maximum Gasteiger partial charge on any atom is 0.238 e. The molecular weight excluding hydrogens is 404 g/mol. The molecule has 1 saturated heterocycles. The number of nitrogens with zero attached hydrogens (tertiary/aromatic N) is 2. The predicted molar refractivity (Wildman–Crippen MR) is 119 cm³/mol. The van der Waals surface area contributed by atoms with E-state index in [2.05, 4.69) is 37.3 Å². The van der Waals surface area contributed by atoms with Gasteiger partial charge in [0.15, 0.2) is 0 Å². The molecule has 3 aliphatic carbocycles. The third-order valence-electron chi connectivity index (χ3n) is 7.34. The highest BCUT2D eigenvalue weighted by molar-refractivity contribution is 6.23. The van der Waals surface area contributed by atoms with Crippen molar-refractivity contribution in [1.29, 1.82) is 0 Å². The first-order valence-corrected chi connectivity index (χ1v) is 10.9. The van der Waals surface area contributed by atoms with Crippen molar-refractivity contribution in [2.24, 2.45) is 11.8 Å². The molecule has 0 aromatic heterocycles. The van der Waals surface area contributed by atoms with Crippen LogP contribution in [0.1, 0.15) is 46.6 Å². The van der Waals surface area contributed by atoms with Crippen LogP contribution in [0.25, 0.3) is 0 Å². The van der Waals surface area contributed by atoms with Gasteiger partial charge in [-0.05, 0) is 58.5 Å². The number of anilines is 2. The Morgan fingerprint density at radius 2 is 1.41 bits per heavy atom. The zero-order chi connectivity index (χ0) is 22.1. The van der Waals surface area contributed by atoms with Crippen LogP contribution in [-0.2, 0) is 16.0 Å². The molecule has 160 valence electrons. The first-order chi connectivity index (χ1) is 15.5. The largest absolute Gasteiger partial charge is 0.733 e. The molecule has 0 radical (unpaired) electrons. The van der Waals surface area contributed by atoms with Gasteiger partial charge in [-0.15, -0.1) is 0 Å². The van der Waals surface area contributed by atoms with Crippen LogP contribution in [0.15, 0.2) is 66.7 Å². The van der Waals surface area contributed by atoms with Gasteiger partial charge in [-0.3, -0.25) is 14.8 Å². The molecule has 4 unspecified atom stereocenters. The van der Waals surface area contributed by atoms with Crippen molar-refractivity contribution in [2.45, 2.75) is 25.2 Å². The molecule has 6 heteroatoms. The molecule has 3 aromatic carbocycles. The van der Waals surface area contributed by atoms with E-state index < -0.39 is 11.8 Å². The van der Waals surface area contributed by atoms with E-state index in [0.717, 1.165) is 28.7 Å². The minimum absolute atomic E-state index is 0.0391. The van der Waals surface area contributed by atoms with Crippen molar-refractivity contribution in [3.8, 4) is 0 Å². The van der Waals surface area contributed by atoms with Gasteiger partial charge in [-0.1, -0.05) is 49.4 Å². The van der Waals surface area contributed by atoms with E-state index in [1.165, 1.54) is 34.7 Å². The number of hydrogen-bond donors (Lipinski definition) is 1. The number of imide groups is 1. The van der Waals surface area contributed by atoms with Gasteiger partial charge < -0.3 is 10.4 Å². The molecule has 32 heavy (non-hydrogen) atoms. The molecule has 3 aromatic rings. The van der Waals surface area contributed by atoms with Gasteiger partial charge in [0, 0.05) is 11.8 Å². The minimum Gasteiger partial charge on any atom is -0.733 e. The number of carbonyl (C=O) groups is 2. The fourth-order valence-electron chi connectivity index (χ4n) is 5.98. The van der Waals surface area contributed by atoms with E-state index in [9.17, 15) is 14.8 Å². The van der Waals surface area contributed by atoms with Crippen LogP contribution in [0.5, 0.6) is 0 Å². The van der Waals surface area contributed by atoms with E-state index in [1.807, 2.05) is 12.1 Å². The van der Waals surface area contributed by atoms with Crippen LogP contribution in [0, 0.1) is 17.0 Å². The van der Waals surface area contributed by atoms with Crippen molar-refractivity contribution in [3.05, 3.63) is 99.8 Å². The number of carbonyl (C=O) groups excluding carboxylic acids is 2. The van der Waals surface area contributed by atoms with Gasteiger partial charge in [-0.2, -0.15) is 0 Å². The topological polar surface area (TPSA) is 83.9 Å². The molecule has 2 amide bonds. The SMILES string of the molecule is CCc1ccc2c(c1)C1c3ccccc3C2C2C(=O)N(c3ccc(N([O-])O)cc3)C(=O)C12. The summed E-state index contributed by atoms with van der Waals surface area (Å²) in [4.78, 5) is 28.7. The first-order valence-electron chi connectivity index (χ1n) is 10.9. The van der Waals surface area contributed by atoms with Crippen LogP contribution in [-0.4, -0.2) is 17.0 Å². The molecule has 6 nitrogen and oxygen atoms in total. The molecule has 1 aliphatic heterocycles. The summed E-state index contributed by atoms with van der Waals surface area (Å²) in [6.45, 7) is 2.12. The van der Waals surface area contributed by atoms with Crippen LogP contribution in [0.2, 0.25) is 0 Å². The third-order valence-corrected chi connectivity index (χ3v) is 7.34. The van der Waals surface area contributed by atoms with Crippen LogP contribution >= 0.6 is 0 Å². The lowest BCUT2D eigenvalue weighted by Gasteiger charge is -2.46. The summed E-state index contributed by atoms with van der Waals surface area (Å²) in [6, 6.07) is 20.5. The molecule has 7 rings (SSSR count).